The minimum absolute atomic E-state index is 0.0689. The zero-order valence-electron chi connectivity index (χ0n) is 13.6. The highest BCUT2D eigenvalue weighted by Gasteiger charge is 2.49. The molecule has 0 aromatic carbocycles. The molecule has 0 saturated carbocycles. The van der Waals surface area contributed by atoms with Gasteiger partial charge in [-0.3, -0.25) is 25.0 Å². The largest absolute Gasteiger partial charge is 0.418 e. The molecule has 26 heavy (non-hydrogen) atoms. The summed E-state index contributed by atoms with van der Waals surface area (Å²) in [5.74, 6) is -1.05. The van der Waals surface area contributed by atoms with E-state index in [0.717, 1.165) is 4.90 Å². The van der Waals surface area contributed by atoms with Crippen molar-refractivity contribution >= 4 is 28.2 Å². The Bertz CT molecular complexity index is 715. The van der Waals surface area contributed by atoms with Crippen molar-refractivity contribution in [3.8, 4) is 0 Å². The first-order chi connectivity index (χ1) is 12.2. The molecule has 3 saturated heterocycles. The van der Waals surface area contributed by atoms with E-state index in [-0.39, 0.29) is 19.0 Å². The van der Waals surface area contributed by atoms with Crippen LogP contribution in [0.25, 0.3) is 0 Å². The van der Waals surface area contributed by atoms with Crippen molar-refractivity contribution in [3.63, 3.8) is 0 Å². The van der Waals surface area contributed by atoms with Crippen molar-refractivity contribution in [1.82, 2.24) is 26.1 Å². The number of nitrogens with one attached hydrogen (secondary N) is 3. The highest BCUT2D eigenvalue weighted by molar-refractivity contribution is 7.80. The van der Waals surface area contributed by atoms with E-state index < -0.39 is 46.4 Å². The third-order valence-corrected chi connectivity index (χ3v) is 4.94. The number of nitrogens with zero attached hydrogens (tertiary/aromatic N) is 2. The van der Waals surface area contributed by atoms with Crippen LogP contribution in [0.15, 0.2) is 0 Å². The Balaban J connectivity index is 1.56. The predicted octanol–water partition coefficient (Wildman–Crippen LogP) is -3.17. The number of fused-ring (bicyclic) bond motifs is 2. The molecule has 3 aliphatic heterocycles. The number of hydroxylamine groups is 2. The fourth-order valence-corrected chi connectivity index (χ4v) is 3.75. The minimum atomic E-state index is -4.85. The second kappa shape index (κ2) is 6.96. The summed E-state index contributed by atoms with van der Waals surface area (Å²) in [6.07, 6.45) is 0.984. The van der Waals surface area contributed by atoms with Gasteiger partial charge in [0, 0.05) is 19.1 Å². The summed E-state index contributed by atoms with van der Waals surface area (Å²) < 4.78 is 34.7. The smallest absolute Gasteiger partial charge is 0.326 e. The van der Waals surface area contributed by atoms with Crippen LogP contribution in [0, 0.1) is 0 Å². The number of hydrogen-bond donors (Lipinski definition) is 5. The molecule has 0 spiro atoms. The third kappa shape index (κ3) is 3.88. The molecule has 0 aromatic rings. The number of hydrazine groups is 1. The van der Waals surface area contributed by atoms with Crippen LogP contribution >= 0.6 is 0 Å². The zero-order valence-corrected chi connectivity index (χ0v) is 14.4. The number of carbonyl (C=O) groups excluding carboxylic acids is 3. The molecule has 6 N–H and O–H groups in total. The van der Waals surface area contributed by atoms with E-state index in [4.69, 9.17) is 10.3 Å². The standard InChI is InChI=1S/C12H20N6O7S/c13-6-3-8(14-4-6)10(19)15-16-11(20)9-2-1-7-5-17(9)12(21)18(7)25-26(22,23)24/h6-9,14H,1-5,13H2,(H,15,19)(H,16,20)(H,22,23,24)/t6-,7+,8-,9+/m0/s1. The van der Waals surface area contributed by atoms with Gasteiger partial charge >= 0.3 is 16.4 Å². The number of hydrogen-bond acceptors (Lipinski definition) is 8. The van der Waals surface area contributed by atoms with Crippen molar-refractivity contribution < 1.29 is 31.6 Å². The highest BCUT2D eigenvalue weighted by Crippen LogP contribution is 2.30. The number of rotatable bonds is 4. The van der Waals surface area contributed by atoms with E-state index in [1.165, 1.54) is 0 Å². The molecule has 4 atom stereocenters. The summed E-state index contributed by atoms with van der Waals surface area (Å²) in [6, 6.07) is -2.97. The molecule has 3 fully saturated rings. The first kappa shape index (κ1) is 18.8. The van der Waals surface area contributed by atoms with E-state index in [9.17, 15) is 22.8 Å². The van der Waals surface area contributed by atoms with Gasteiger partial charge in [-0.1, -0.05) is 0 Å². The third-order valence-electron chi connectivity index (χ3n) is 4.59. The zero-order chi connectivity index (χ0) is 19.1. The van der Waals surface area contributed by atoms with Gasteiger partial charge in [0.25, 0.3) is 11.8 Å². The minimum Gasteiger partial charge on any atom is -0.326 e. The summed E-state index contributed by atoms with van der Waals surface area (Å²) in [7, 11) is -4.85. The van der Waals surface area contributed by atoms with Gasteiger partial charge in [0.1, 0.15) is 6.04 Å². The first-order valence-electron chi connectivity index (χ1n) is 8.01. The molecule has 3 rings (SSSR count). The van der Waals surface area contributed by atoms with Gasteiger partial charge in [-0.2, -0.15) is 13.5 Å². The summed E-state index contributed by atoms with van der Waals surface area (Å²) >= 11 is 0. The SMILES string of the molecule is N[C@@H]1CN[C@H](C(=O)NNC(=O)[C@H]2CC[C@@H]3CN2C(=O)N3OS(=O)(=O)O)C1. The van der Waals surface area contributed by atoms with E-state index in [2.05, 4.69) is 20.5 Å². The average Bonchev–Trinajstić information content (AvgIpc) is 3.09. The Morgan fingerprint density at radius 1 is 1.27 bits per heavy atom. The first-order valence-corrected chi connectivity index (χ1v) is 9.37. The van der Waals surface area contributed by atoms with Crippen molar-refractivity contribution in [1.29, 1.82) is 0 Å². The summed E-state index contributed by atoms with van der Waals surface area (Å²) in [4.78, 5) is 37.6. The second-order valence-corrected chi connectivity index (χ2v) is 7.45. The lowest BCUT2D eigenvalue weighted by Gasteiger charge is -2.29. The number of nitrogens with two attached hydrogens (primary N) is 1. The Morgan fingerprint density at radius 2 is 1.96 bits per heavy atom. The van der Waals surface area contributed by atoms with Crippen LogP contribution < -0.4 is 21.9 Å². The molecule has 3 heterocycles. The van der Waals surface area contributed by atoms with Gasteiger partial charge in [0.15, 0.2) is 0 Å². The normalized spacial score (nSPS) is 31.2. The Kier molecular flexibility index (Phi) is 5.03. The molecule has 3 aliphatic rings. The van der Waals surface area contributed by atoms with Gasteiger partial charge in [-0.15, -0.1) is 4.28 Å². The topological polar surface area (TPSA) is 183 Å². The maximum absolute atomic E-state index is 12.3. The molecule has 2 bridgehead atoms. The summed E-state index contributed by atoms with van der Waals surface area (Å²) in [6.45, 7) is 0.571. The lowest BCUT2D eigenvalue weighted by molar-refractivity contribution is -0.132. The Labute approximate surface area is 149 Å². The van der Waals surface area contributed by atoms with Gasteiger partial charge < -0.3 is 16.0 Å². The summed E-state index contributed by atoms with van der Waals surface area (Å²) in [5, 5.41) is 3.46. The number of amides is 4. The quantitative estimate of drug-likeness (QED) is 0.243. The molecule has 4 amide bonds. The van der Waals surface area contributed by atoms with Crippen LogP contribution in [0.3, 0.4) is 0 Å². The van der Waals surface area contributed by atoms with E-state index in [1.54, 1.807) is 0 Å². The van der Waals surface area contributed by atoms with Gasteiger partial charge in [0.05, 0.1) is 12.1 Å². The van der Waals surface area contributed by atoms with Crippen molar-refractivity contribution in [2.24, 2.45) is 5.73 Å². The van der Waals surface area contributed by atoms with Crippen LogP contribution in [0.1, 0.15) is 19.3 Å². The van der Waals surface area contributed by atoms with Crippen LogP contribution in [0.5, 0.6) is 0 Å². The highest BCUT2D eigenvalue weighted by atomic mass is 32.3. The van der Waals surface area contributed by atoms with Crippen LogP contribution in [-0.4, -0.2) is 78.0 Å². The van der Waals surface area contributed by atoms with E-state index in [0.29, 0.717) is 24.4 Å². The Hall–Kier alpha value is -2.00. The molecule has 0 unspecified atom stereocenters. The van der Waals surface area contributed by atoms with Gasteiger partial charge in [0.2, 0.25) is 0 Å². The molecule has 14 heteroatoms. The van der Waals surface area contributed by atoms with E-state index >= 15 is 0 Å². The molecule has 13 nitrogen and oxygen atoms in total. The van der Waals surface area contributed by atoms with Crippen LogP contribution in [0.4, 0.5) is 4.79 Å². The second-order valence-electron chi connectivity index (χ2n) is 6.45. The van der Waals surface area contributed by atoms with Crippen LogP contribution in [0.2, 0.25) is 0 Å². The van der Waals surface area contributed by atoms with Gasteiger partial charge in [-0.05, 0) is 19.3 Å². The predicted molar refractivity (Wildman–Crippen MR) is 84.1 cm³/mol. The monoisotopic (exact) mass is 392 g/mol. The van der Waals surface area contributed by atoms with Crippen molar-refractivity contribution in [2.45, 2.75) is 43.4 Å². The van der Waals surface area contributed by atoms with Crippen molar-refractivity contribution in [2.75, 3.05) is 13.1 Å². The fourth-order valence-electron chi connectivity index (χ4n) is 3.36. The van der Waals surface area contributed by atoms with Crippen LogP contribution in [-0.2, 0) is 24.3 Å². The fraction of sp³-hybridized carbons (Fsp3) is 0.750. The average molecular weight is 392 g/mol. The number of urea groups is 1. The molecule has 0 aromatic heterocycles. The summed E-state index contributed by atoms with van der Waals surface area (Å²) in [5.41, 5.74) is 10.3. The molecular formula is C12H20N6O7S. The van der Waals surface area contributed by atoms with Crippen molar-refractivity contribution in [3.05, 3.63) is 0 Å². The maximum atomic E-state index is 12.3. The molecule has 0 aliphatic carbocycles. The lowest BCUT2D eigenvalue weighted by Crippen LogP contribution is -2.56. The number of piperidine rings is 1. The Morgan fingerprint density at radius 3 is 2.58 bits per heavy atom. The molecule has 146 valence electrons. The lowest BCUT2D eigenvalue weighted by atomic mass is 10.0. The van der Waals surface area contributed by atoms with E-state index in [1.807, 2.05) is 0 Å². The van der Waals surface area contributed by atoms with Gasteiger partial charge in [-0.25, -0.2) is 4.79 Å². The maximum Gasteiger partial charge on any atom is 0.418 e. The number of carbonyl (C=O) groups is 3. The molecule has 0 radical (unpaired) electrons. The molecular weight excluding hydrogens is 372 g/mol.